The number of phenolic OH excluding ortho intramolecular Hbond substituents is 3. The van der Waals surface area contributed by atoms with Crippen LogP contribution in [0.1, 0.15) is 66.2 Å². The third kappa shape index (κ3) is 3.27. The molecule has 3 aromatic rings. The highest BCUT2D eigenvalue weighted by molar-refractivity contribution is 6.21. The molecule has 0 radical (unpaired) electrons. The zero-order chi connectivity index (χ0) is 30.8. The first-order chi connectivity index (χ1) is 21.1. The second kappa shape index (κ2) is 9.11. The molecule has 224 valence electrons. The Morgan fingerprint density at radius 1 is 0.932 bits per heavy atom. The molecule has 11 nitrogen and oxygen atoms in total. The van der Waals surface area contributed by atoms with Crippen molar-refractivity contribution in [3.63, 3.8) is 0 Å². The topological polar surface area (TPSA) is 147 Å². The maximum atomic E-state index is 13.6. The number of rotatable bonds is 2. The first kappa shape index (κ1) is 26.8. The zero-order valence-electron chi connectivity index (χ0n) is 24.4. The second-order valence-corrected chi connectivity index (χ2v) is 12.4. The van der Waals surface area contributed by atoms with E-state index in [4.69, 9.17) is 9.47 Å². The molecule has 8 rings (SSSR count). The summed E-state index contributed by atoms with van der Waals surface area (Å²) in [5.74, 6) is -0.367. The van der Waals surface area contributed by atoms with E-state index in [0.717, 1.165) is 5.56 Å². The summed E-state index contributed by atoms with van der Waals surface area (Å²) < 4.78 is 11.8. The second-order valence-electron chi connectivity index (χ2n) is 12.4. The van der Waals surface area contributed by atoms with Crippen LogP contribution in [0.3, 0.4) is 0 Å². The van der Waals surface area contributed by atoms with Gasteiger partial charge in [-0.25, -0.2) is 0 Å². The molecule has 5 aliphatic rings. The normalized spacial score (nSPS) is 26.6. The standard InChI is InChI=1S/C33H30N4O7/c1-14-8-16-9-20-22(11-34)37-21(26(35(20)3)24(16)29(40)27(14)38)10-19-25(31-30(43-13-44-31)15(2)28(19)39)23(37)12-36-32(41)17-6-4-5-7-18(17)33(36)42/h4-8,20-23,26,38-40H,9-10,12-13H2,1-3H3/t20?,21?,22-,23?,26+/m0/s1. The van der Waals surface area contributed by atoms with E-state index in [0.29, 0.717) is 56.9 Å². The summed E-state index contributed by atoms with van der Waals surface area (Å²) in [5, 5.41) is 44.5. The lowest BCUT2D eigenvalue weighted by Crippen LogP contribution is -2.68. The number of fused-ring (bicyclic) bond motifs is 10. The molecule has 3 unspecified atom stereocenters. The molecule has 0 spiro atoms. The van der Waals surface area contributed by atoms with Crippen molar-refractivity contribution in [1.29, 1.82) is 5.26 Å². The maximum Gasteiger partial charge on any atom is 0.261 e. The van der Waals surface area contributed by atoms with Crippen molar-refractivity contribution in [2.75, 3.05) is 20.4 Å². The predicted octanol–water partition coefficient (Wildman–Crippen LogP) is 3.22. The summed E-state index contributed by atoms with van der Waals surface area (Å²) in [6.07, 6.45) is 0.729. The molecule has 3 N–H and O–H groups in total. The van der Waals surface area contributed by atoms with Crippen LogP contribution in [0.2, 0.25) is 0 Å². The quantitative estimate of drug-likeness (QED) is 0.299. The summed E-state index contributed by atoms with van der Waals surface area (Å²) >= 11 is 0. The van der Waals surface area contributed by atoms with E-state index in [2.05, 4.69) is 11.0 Å². The molecule has 44 heavy (non-hydrogen) atoms. The molecule has 0 saturated carbocycles. The molecular weight excluding hydrogens is 564 g/mol. The van der Waals surface area contributed by atoms with E-state index in [1.807, 2.05) is 18.0 Å². The van der Waals surface area contributed by atoms with Crippen LogP contribution in [-0.4, -0.2) is 80.3 Å². The van der Waals surface area contributed by atoms with Gasteiger partial charge in [0, 0.05) is 40.9 Å². The number of amides is 2. The highest BCUT2D eigenvalue weighted by atomic mass is 16.7. The Hall–Kier alpha value is -4.79. The molecule has 11 heteroatoms. The van der Waals surface area contributed by atoms with Gasteiger partial charge in [0.05, 0.1) is 29.3 Å². The molecule has 0 aliphatic carbocycles. The lowest BCUT2D eigenvalue weighted by molar-refractivity contribution is -0.0758. The third-order valence-corrected chi connectivity index (χ3v) is 10.3. The molecule has 2 bridgehead atoms. The number of likely N-dealkylation sites (N-methyl/N-ethyl adjacent to an activating group) is 1. The molecule has 5 atom stereocenters. The Labute approximate surface area is 253 Å². The summed E-state index contributed by atoms with van der Waals surface area (Å²) in [5.41, 5.74) is 4.32. The predicted molar refractivity (Wildman–Crippen MR) is 155 cm³/mol. The summed E-state index contributed by atoms with van der Waals surface area (Å²) in [7, 11) is 1.91. The van der Waals surface area contributed by atoms with Gasteiger partial charge < -0.3 is 24.8 Å². The van der Waals surface area contributed by atoms with Gasteiger partial charge in [0.1, 0.15) is 11.8 Å². The number of hydrogen-bond acceptors (Lipinski definition) is 10. The first-order valence-electron chi connectivity index (χ1n) is 14.7. The smallest absolute Gasteiger partial charge is 0.261 e. The van der Waals surface area contributed by atoms with Gasteiger partial charge in [0.25, 0.3) is 11.8 Å². The van der Waals surface area contributed by atoms with Crippen LogP contribution in [0.5, 0.6) is 28.7 Å². The largest absolute Gasteiger partial charge is 0.507 e. The van der Waals surface area contributed by atoms with E-state index in [1.54, 1.807) is 38.1 Å². The first-order valence-corrected chi connectivity index (χ1v) is 14.7. The molecule has 1 fully saturated rings. The van der Waals surface area contributed by atoms with Crippen LogP contribution in [0.4, 0.5) is 0 Å². The molecule has 0 aromatic heterocycles. The van der Waals surface area contributed by atoms with E-state index in [1.165, 1.54) is 4.90 Å². The van der Waals surface area contributed by atoms with Crippen LogP contribution < -0.4 is 9.47 Å². The van der Waals surface area contributed by atoms with Crippen molar-refractivity contribution in [2.24, 2.45) is 0 Å². The molecule has 3 aromatic carbocycles. The minimum Gasteiger partial charge on any atom is -0.507 e. The fraction of sp³-hybridized carbons (Fsp3) is 0.364. The molecule has 5 aliphatic heterocycles. The van der Waals surface area contributed by atoms with Crippen molar-refractivity contribution < 1.29 is 34.4 Å². The number of aromatic hydroxyl groups is 3. The Morgan fingerprint density at radius 3 is 2.30 bits per heavy atom. The number of carbonyl (C=O) groups is 2. The van der Waals surface area contributed by atoms with Crippen LogP contribution >= 0.6 is 0 Å². The minimum absolute atomic E-state index is 0.0292. The Balaban J connectivity index is 1.35. The van der Waals surface area contributed by atoms with Gasteiger partial charge in [-0.3, -0.25) is 24.3 Å². The van der Waals surface area contributed by atoms with Crippen molar-refractivity contribution >= 4 is 11.8 Å². The summed E-state index contributed by atoms with van der Waals surface area (Å²) in [6, 6.07) is 8.42. The molecule has 2 amide bonds. The minimum atomic E-state index is -0.737. The van der Waals surface area contributed by atoms with Gasteiger partial charge in [0.15, 0.2) is 23.0 Å². The third-order valence-electron chi connectivity index (χ3n) is 10.3. The van der Waals surface area contributed by atoms with E-state index in [9.17, 15) is 30.2 Å². The van der Waals surface area contributed by atoms with E-state index < -0.39 is 36.0 Å². The van der Waals surface area contributed by atoms with Gasteiger partial charge >= 0.3 is 0 Å². The summed E-state index contributed by atoms with van der Waals surface area (Å²) in [6.45, 7) is 3.34. The van der Waals surface area contributed by atoms with E-state index >= 15 is 0 Å². The molecule has 5 heterocycles. The van der Waals surface area contributed by atoms with Crippen LogP contribution in [0, 0.1) is 25.2 Å². The Bertz CT molecular complexity index is 1830. The van der Waals surface area contributed by atoms with Crippen molar-refractivity contribution in [2.45, 2.75) is 56.9 Å². The number of imide groups is 1. The molecule has 1 saturated heterocycles. The number of carbonyl (C=O) groups excluding carboxylic acids is 2. The number of nitriles is 1. The van der Waals surface area contributed by atoms with Gasteiger partial charge in [0.2, 0.25) is 6.79 Å². The van der Waals surface area contributed by atoms with Gasteiger partial charge in [-0.15, -0.1) is 0 Å². The average Bonchev–Trinajstić information content (AvgIpc) is 3.59. The lowest BCUT2D eigenvalue weighted by atomic mass is 9.71. The summed E-state index contributed by atoms with van der Waals surface area (Å²) in [4.78, 5) is 32.6. The Kier molecular flexibility index (Phi) is 5.55. The fourth-order valence-corrected chi connectivity index (χ4v) is 8.35. The van der Waals surface area contributed by atoms with Gasteiger partial charge in [-0.2, -0.15) is 5.26 Å². The monoisotopic (exact) mass is 594 g/mol. The van der Waals surface area contributed by atoms with Crippen LogP contribution in [0.25, 0.3) is 0 Å². The lowest BCUT2D eigenvalue weighted by Gasteiger charge is -2.60. The van der Waals surface area contributed by atoms with E-state index in [-0.39, 0.29) is 43.0 Å². The van der Waals surface area contributed by atoms with Crippen LogP contribution in [0.15, 0.2) is 30.3 Å². The number of phenols is 3. The average molecular weight is 595 g/mol. The maximum absolute atomic E-state index is 13.6. The van der Waals surface area contributed by atoms with Crippen LogP contribution in [-0.2, 0) is 12.8 Å². The highest BCUT2D eigenvalue weighted by Gasteiger charge is 2.57. The van der Waals surface area contributed by atoms with Crippen molar-refractivity contribution in [3.8, 4) is 34.8 Å². The van der Waals surface area contributed by atoms with Gasteiger partial charge in [-0.1, -0.05) is 18.2 Å². The number of benzene rings is 3. The number of nitrogens with zero attached hydrogens (tertiary/aromatic N) is 4. The van der Waals surface area contributed by atoms with Crippen molar-refractivity contribution in [3.05, 3.63) is 74.8 Å². The zero-order valence-corrected chi connectivity index (χ0v) is 24.4. The van der Waals surface area contributed by atoms with Gasteiger partial charge in [-0.05, 0) is 57.0 Å². The SMILES string of the molecule is Cc1cc2c(c(O)c1O)[C@H]1C3Cc4c(O)c(C)c5c(c4C(CN4C(=O)c6ccccc6C4=O)N3[C@@H](C#N)C(C2)N1C)OCO5. The Morgan fingerprint density at radius 2 is 1.61 bits per heavy atom. The number of aryl methyl sites for hydroxylation is 1. The number of hydrogen-bond donors (Lipinski definition) is 3. The fourth-order valence-electron chi connectivity index (χ4n) is 8.35. The molecular formula is C33H30N4O7. The number of ether oxygens (including phenoxy) is 2. The highest BCUT2D eigenvalue weighted by Crippen LogP contribution is 2.58. The van der Waals surface area contributed by atoms with Crippen molar-refractivity contribution in [1.82, 2.24) is 14.7 Å². The number of piperazine rings is 1.